The smallest absolute Gasteiger partial charge is 0.139 e. The minimum Gasteiger partial charge on any atom is -0.393 e. The molecule has 0 aromatic heterocycles. The van der Waals surface area contributed by atoms with E-state index in [1.807, 2.05) is 0 Å². The van der Waals surface area contributed by atoms with Gasteiger partial charge in [-0.3, -0.25) is 4.79 Å². The molecule has 22 heavy (non-hydrogen) atoms. The number of fused-ring (bicyclic) bond motifs is 5. The van der Waals surface area contributed by atoms with Gasteiger partial charge in [-0.15, -0.1) is 11.6 Å². The molecule has 0 amide bonds. The Morgan fingerprint density at radius 3 is 2.82 bits per heavy atom. The van der Waals surface area contributed by atoms with Gasteiger partial charge in [-0.25, -0.2) is 0 Å². The van der Waals surface area contributed by atoms with E-state index < -0.39 is 0 Å². The summed E-state index contributed by atoms with van der Waals surface area (Å²) in [6.45, 7) is 4.54. The zero-order valence-corrected chi connectivity index (χ0v) is 14.4. The number of alkyl halides is 1. The molecule has 4 rings (SSSR count). The molecule has 4 aliphatic carbocycles. The van der Waals surface area contributed by atoms with Crippen molar-refractivity contribution in [2.75, 3.05) is 0 Å². The quantitative estimate of drug-likeness (QED) is 0.538. The molecule has 0 saturated heterocycles. The maximum atomic E-state index is 12.4. The number of hydrogen-bond donors (Lipinski definition) is 1. The third-order valence-corrected chi connectivity index (χ3v) is 8.11. The molecule has 2 nitrogen and oxygen atoms in total. The Morgan fingerprint density at radius 2 is 2.05 bits per heavy atom. The lowest BCUT2D eigenvalue weighted by atomic mass is 9.48. The second-order valence-electron chi connectivity index (χ2n) is 8.67. The van der Waals surface area contributed by atoms with E-state index in [0.29, 0.717) is 23.5 Å². The number of aliphatic hydroxyl groups excluding tert-OH is 1. The standard InChI is InChI=1S/C19H27ClO2/c1-18-8-7-12(21)9-11(18)3-4-13-14-5-6-16(22)19(14,2)10-15(20)17(13)18/h3,12-15,17,21H,4-10H2,1-2H3/t12-,13-,14-,15+,17+,18-,19-/m0/s1. The number of allylic oxidation sites excluding steroid dienone is 1. The molecule has 0 radical (unpaired) electrons. The number of aliphatic hydroxyl groups is 1. The van der Waals surface area contributed by atoms with Crippen LogP contribution in [0.15, 0.2) is 11.6 Å². The summed E-state index contributed by atoms with van der Waals surface area (Å²) >= 11 is 6.92. The van der Waals surface area contributed by atoms with E-state index in [-0.39, 0.29) is 22.3 Å². The largest absolute Gasteiger partial charge is 0.393 e. The van der Waals surface area contributed by atoms with E-state index >= 15 is 0 Å². The van der Waals surface area contributed by atoms with Gasteiger partial charge in [0.25, 0.3) is 0 Å². The molecule has 0 aliphatic heterocycles. The molecule has 3 fully saturated rings. The second kappa shape index (κ2) is 4.83. The average molecular weight is 323 g/mol. The molecule has 1 N–H and O–H groups in total. The number of carbonyl (C=O) groups excluding carboxylic acids is 1. The van der Waals surface area contributed by atoms with Crippen molar-refractivity contribution in [2.45, 2.75) is 70.3 Å². The maximum Gasteiger partial charge on any atom is 0.139 e. The number of carbonyl (C=O) groups is 1. The van der Waals surface area contributed by atoms with Gasteiger partial charge in [-0.05, 0) is 61.7 Å². The lowest BCUT2D eigenvalue weighted by Crippen LogP contribution is -2.55. The Bertz CT molecular complexity index is 542. The van der Waals surface area contributed by atoms with Crippen molar-refractivity contribution in [1.82, 2.24) is 0 Å². The van der Waals surface area contributed by atoms with Gasteiger partial charge in [-0.2, -0.15) is 0 Å². The summed E-state index contributed by atoms with van der Waals surface area (Å²) in [6.07, 6.45) is 8.69. The third-order valence-electron chi connectivity index (χ3n) is 7.68. The van der Waals surface area contributed by atoms with Crippen LogP contribution in [0.2, 0.25) is 0 Å². The summed E-state index contributed by atoms with van der Waals surface area (Å²) in [4.78, 5) is 12.4. The molecular formula is C19H27ClO2. The normalized spacial score (nSPS) is 54.3. The van der Waals surface area contributed by atoms with Gasteiger partial charge in [0.15, 0.2) is 0 Å². The fourth-order valence-corrected chi connectivity index (χ4v) is 7.26. The summed E-state index contributed by atoms with van der Waals surface area (Å²) in [6, 6.07) is 0. The molecule has 0 heterocycles. The summed E-state index contributed by atoms with van der Waals surface area (Å²) in [5.74, 6) is 1.99. The number of rotatable bonds is 0. The van der Waals surface area contributed by atoms with Crippen LogP contribution in [0.3, 0.4) is 0 Å². The predicted octanol–water partition coefficient (Wildman–Crippen LogP) is 4.10. The zero-order chi connectivity index (χ0) is 15.7. The van der Waals surface area contributed by atoms with E-state index in [0.717, 1.165) is 44.9 Å². The average Bonchev–Trinajstić information content (AvgIpc) is 2.75. The van der Waals surface area contributed by atoms with E-state index in [2.05, 4.69) is 19.9 Å². The highest BCUT2D eigenvalue weighted by atomic mass is 35.5. The lowest BCUT2D eigenvalue weighted by molar-refractivity contribution is -0.131. The Morgan fingerprint density at radius 1 is 1.27 bits per heavy atom. The van der Waals surface area contributed by atoms with E-state index in [4.69, 9.17) is 11.6 Å². The highest BCUT2D eigenvalue weighted by Crippen LogP contribution is 2.64. The molecule has 3 heteroatoms. The molecule has 0 aromatic carbocycles. The first kappa shape index (κ1) is 15.2. The van der Waals surface area contributed by atoms with Crippen molar-refractivity contribution in [1.29, 1.82) is 0 Å². The SMILES string of the molecule is C[C@]12CC[C@H](O)CC1=CC[C@@H]1[C@@H]2[C@H](Cl)C[C@]2(C)C(=O)CC[C@@H]12. The van der Waals surface area contributed by atoms with Crippen LogP contribution in [-0.2, 0) is 4.79 Å². The van der Waals surface area contributed by atoms with Crippen molar-refractivity contribution < 1.29 is 9.90 Å². The Balaban J connectivity index is 1.74. The van der Waals surface area contributed by atoms with Crippen LogP contribution in [0.5, 0.6) is 0 Å². The van der Waals surface area contributed by atoms with E-state index in [1.165, 1.54) is 5.57 Å². The van der Waals surface area contributed by atoms with Gasteiger partial charge in [0.2, 0.25) is 0 Å². The lowest BCUT2D eigenvalue weighted by Gasteiger charge is -2.58. The molecule has 0 aromatic rings. The first-order valence-corrected chi connectivity index (χ1v) is 9.35. The number of ketones is 1. The zero-order valence-electron chi connectivity index (χ0n) is 13.6. The monoisotopic (exact) mass is 322 g/mol. The van der Waals surface area contributed by atoms with Crippen LogP contribution in [0.4, 0.5) is 0 Å². The summed E-state index contributed by atoms with van der Waals surface area (Å²) < 4.78 is 0. The van der Waals surface area contributed by atoms with Crippen LogP contribution in [0, 0.1) is 28.6 Å². The molecule has 3 saturated carbocycles. The Labute approximate surface area is 138 Å². The first-order chi connectivity index (χ1) is 10.4. The van der Waals surface area contributed by atoms with Crippen molar-refractivity contribution in [3.63, 3.8) is 0 Å². The summed E-state index contributed by atoms with van der Waals surface area (Å²) in [7, 11) is 0. The molecular weight excluding hydrogens is 296 g/mol. The van der Waals surface area contributed by atoms with Crippen molar-refractivity contribution in [3.05, 3.63) is 11.6 Å². The third kappa shape index (κ3) is 1.86. The van der Waals surface area contributed by atoms with Gasteiger partial charge in [-0.1, -0.05) is 25.5 Å². The van der Waals surface area contributed by atoms with Crippen LogP contribution in [-0.4, -0.2) is 22.4 Å². The molecule has 0 unspecified atom stereocenters. The molecule has 0 spiro atoms. The van der Waals surface area contributed by atoms with Crippen LogP contribution >= 0.6 is 11.6 Å². The van der Waals surface area contributed by atoms with E-state index in [1.54, 1.807) is 0 Å². The number of Topliss-reactive ketones (excluding diaryl/α,β-unsaturated/α-hetero) is 1. The first-order valence-electron chi connectivity index (χ1n) is 8.91. The minimum atomic E-state index is -0.177. The fraction of sp³-hybridized carbons (Fsp3) is 0.842. The van der Waals surface area contributed by atoms with Gasteiger partial charge < -0.3 is 5.11 Å². The van der Waals surface area contributed by atoms with Crippen LogP contribution in [0.25, 0.3) is 0 Å². The van der Waals surface area contributed by atoms with E-state index in [9.17, 15) is 9.90 Å². The molecule has 0 bridgehead atoms. The maximum absolute atomic E-state index is 12.4. The topological polar surface area (TPSA) is 37.3 Å². The van der Waals surface area contributed by atoms with Crippen LogP contribution < -0.4 is 0 Å². The van der Waals surface area contributed by atoms with Gasteiger partial charge in [0, 0.05) is 17.2 Å². The Kier molecular flexibility index (Phi) is 3.34. The van der Waals surface area contributed by atoms with Crippen molar-refractivity contribution in [3.8, 4) is 0 Å². The highest BCUT2D eigenvalue weighted by Gasteiger charge is 2.61. The fourth-order valence-electron chi connectivity index (χ4n) is 6.47. The second-order valence-corrected chi connectivity index (χ2v) is 9.24. The van der Waals surface area contributed by atoms with Crippen molar-refractivity contribution in [2.24, 2.45) is 28.6 Å². The summed E-state index contributed by atoms with van der Waals surface area (Å²) in [5.41, 5.74) is 1.40. The molecule has 122 valence electrons. The van der Waals surface area contributed by atoms with Gasteiger partial charge >= 0.3 is 0 Å². The number of halogens is 1. The van der Waals surface area contributed by atoms with Crippen molar-refractivity contribution >= 4 is 17.4 Å². The van der Waals surface area contributed by atoms with Gasteiger partial charge in [0.1, 0.15) is 5.78 Å². The van der Waals surface area contributed by atoms with Gasteiger partial charge in [0.05, 0.1) is 6.10 Å². The molecule has 4 aliphatic rings. The van der Waals surface area contributed by atoms with Crippen LogP contribution in [0.1, 0.15) is 58.8 Å². The number of hydrogen-bond acceptors (Lipinski definition) is 2. The minimum absolute atomic E-state index is 0.0947. The highest BCUT2D eigenvalue weighted by molar-refractivity contribution is 6.21. The Hall–Kier alpha value is -0.340. The molecule has 7 atom stereocenters. The summed E-state index contributed by atoms with van der Waals surface area (Å²) in [5, 5.41) is 10.1. The predicted molar refractivity (Wildman–Crippen MR) is 87.7 cm³/mol.